The maximum Gasteiger partial charge on any atom is 0.433 e. The van der Waals surface area contributed by atoms with E-state index in [1.165, 1.54) is 30.6 Å². The second-order valence-electron chi connectivity index (χ2n) is 8.94. The third-order valence-corrected chi connectivity index (χ3v) is 6.33. The minimum atomic E-state index is -4.61. The van der Waals surface area contributed by atoms with Crippen LogP contribution in [-0.4, -0.2) is 42.1 Å². The molecule has 3 heterocycles. The number of alkyl halides is 3. The molecule has 0 unspecified atom stereocenters. The molecular weight excluding hydrogens is 494 g/mol. The lowest BCUT2D eigenvalue weighted by atomic mass is 9.85. The second kappa shape index (κ2) is 9.75. The fourth-order valence-corrected chi connectivity index (χ4v) is 4.44. The van der Waals surface area contributed by atoms with Crippen molar-refractivity contribution < 1.29 is 32.2 Å². The van der Waals surface area contributed by atoms with Crippen LogP contribution in [0.3, 0.4) is 0 Å². The Hall–Kier alpha value is -4.09. The van der Waals surface area contributed by atoms with Gasteiger partial charge in [-0.25, -0.2) is 24.3 Å². The summed E-state index contributed by atoms with van der Waals surface area (Å²) in [5.74, 6) is -0.886. The van der Waals surface area contributed by atoms with Gasteiger partial charge in [0.15, 0.2) is 5.65 Å². The summed E-state index contributed by atoms with van der Waals surface area (Å²) in [6.45, 7) is 0. The van der Waals surface area contributed by atoms with Crippen molar-refractivity contribution in [3.63, 3.8) is 0 Å². The molecular formula is C25H21F4N5O3. The normalized spacial score (nSPS) is 18.2. The van der Waals surface area contributed by atoms with Crippen LogP contribution in [0.4, 0.5) is 17.6 Å². The van der Waals surface area contributed by atoms with Crippen molar-refractivity contribution in [1.82, 2.24) is 24.9 Å². The minimum Gasteiger partial charge on any atom is -0.481 e. The molecule has 5 rings (SSSR count). The van der Waals surface area contributed by atoms with Crippen molar-refractivity contribution in [2.24, 2.45) is 5.92 Å². The molecule has 0 amide bonds. The van der Waals surface area contributed by atoms with Gasteiger partial charge in [-0.2, -0.15) is 13.2 Å². The molecule has 4 aromatic rings. The first-order valence-electron chi connectivity index (χ1n) is 11.6. The quantitative estimate of drug-likeness (QED) is 0.319. The second-order valence-corrected chi connectivity index (χ2v) is 8.94. The fraction of sp³-hybridized carbons (Fsp3) is 0.320. The number of aromatic nitrogens is 5. The number of hydrogen-bond donors (Lipinski definition) is 2. The van der Waals surface area contributed by atoms with Gasteiger partial charge in [0, 0.05) is 12.0 Å². The van der Waals surface area contributed by atoms with E-state index in [4.69, 9.17) is 9.84 Å². The van der Waals surface area contributed by atoms with Gasteiger partial charge >= 0.3 is 12.1 Å². The molecule has 12 heteroatoms. The number of benzene rings is 1. The van der Waals surface area contributed by atoms with Crippen LogP contribution in [0.2, 0.25) is 0 Å². The lowest BCUT2D eigenvalue weighted by Gasteiger charge is -2.27. The number of carboxylic acids is 1. The lowest BCUT2D eigenvalue weighted by Crippen LogP contribution is -2.25. The van der Waals surface area contributed by atoms with E-state index in [1.54, 1.807) is 6.07 Å². The van der Waals surface area contributed by atoms with Crippen molar-refractivity contribution in [3.05, 3.63) is 54.2 Å². The number of aliphatic carboxylic acids is 1. The SMILES string of the molecule is O=C(O)C[C@H]1CC[C@@H](Oc2cnc(-c3ccc(-c4nc5nc(C(F)(F)F)ccc5[nH]4)c(F)c3)cn2)CC1. The van der Waals surface area contributed by atoms with E-state index in [0.29, 0.717) is 17.1 Å². The Labute approximate surface area is 207 Å². The summed E-state index contributed by atoms with van der Waals surface area (Å²) < 4.78 is 59.6. The zero-order chi connectivity index (χ0) is 26.2. The molecule has 0 radical (unpaired) electrons. The highest BCUT2D eigenvalue weighted by Gasteiger charge is 2.33. The highest BCUT2D eigenvalue weighted by molar-refractivity contribution is 5.77. The third-order valence-electron chi connectivity index (χ3n) is 6.33. The van der Waals surface area contributed by atoms with Gasteiger partial charge in [0.2, 0.25) is 5.88 Å². The number of nitrogens with one attached hydrogen (secondary N) is 1. The zero-order valence-electron chi connectivity index (χ0n) is 19.3. The lowest BCUT2D eigenvalue weighted by molar-refractivity contribution is -0.141. The number of rotatable bonds is 6. The Morgan fingerprint density at radius 3 is 2.49 bits per heavy atom. The molecule has 0 bridgehead atoms. The molecule has 0 aliphatic heterocycles. The first-order chi connectivity index (χ1) is 17.7. The number of pyridine rings is 1. The standard InChI is InChI=1S/C25H21F4N5O3/c26-17-10-14(3-6-16(17)23-32-18-7-8-20(25(27,28)29)33-24(18)34-23)19-11-31-21(12-30-19)37-15-4-1-13(2-5-15)9-22(35)36/h3,6-8,10-13,15H,1-2,4-5,9H2,(H,35,36)(H,32,33,34)/t13-,15+. The van der Waals surface area contributed by atoms with Crippen LogP contribution in [0, 0.1) is 11.7 Å². The van der Waals surface area contributed by atoms with Crippen molar-refractivity contribution >= 4 is 17.1 Å². The van der Waals surface area contributed by atoms with Gasteiger partial charge in [-0.05, 0) is 55.9 Å². The number of halogens is 4. The highest BCUT2D eigenvalue weighted by atomic mass is 19.4. The molecule has 0 atom stereocenters. The summed E-state index contributed by atoms with van der Waals surface area (Å²) >= 11 is 0. The molecule has 0 saturated heterocycles. The number of aromatic amines is 1. The molecule has 2 N–H and O–H groups in total. The largest absolute Gasteiger partial charge is 0.481 e. The number of H-pyrrole nitrogens is 1. The number of fused-ring (bicyclic) bond motifs is 1. The minimum absolute atomic E-state index is 0.0544. The maximum absolute atomic E-state index is 14.9. The van der Waals surface area contributed by atoms with Crippen LogP contribution >= 0.6 is 0 Å². The fourth-order valence-electron chi connectivity index (χ4n) is 4.44. The first-order valence-corrected chi connectivity index (χ1v) is 11.6. The number of hydrogen-bond acceptors (Lipinski definition) is 6. The van der Waals surface area contributed by atoms with E-state index >= 15 is 0 Å². The van der Waals surface area contributed by atoms with Crippen LogP contribution in [0.15, 0.2) is 42.7 Å². The van der Waals surface area contributed by atoms with E-state index in [-0.39, 0.29) is 41.0 Å². The van der Waals surface area contributed by atoms with Crippen molar-refractivity contribution in [2.45, 2.75) is 44.4 Å². The predicted octanol–water partition coefficient (Wildman–Crippen LogP) is 5.65. The molecule has 3 aromatic heterocycles. The molecule has 8 nitrogen and oxygen atoms in total. The highest BCUT2D eigenvalue weighted by Crippen LogP contribution is 2.32. The summed E-state index contributed by atoms with van der Waals surface area (Å²) in [7, 11) is 0. The van der Waals surface area contributed by atoms with Crippen molar-refractivity contribution in [1.29, 1.82) is 0 Å². The average Bonchev–Trinajstić information content (AvgIpc) is 3.28. The summed E-state index contributed by atoms with van der Waals surface area (Å²) in [5, 5.41) is 8.93. The van der Waals surface area contributed by atoms with Crippen LogP contribution in [0.25, 0.3) is 33.8 Å². The van der Waals surface area contributed by atoms with Crippen molar-refractivity contribution in [3.8, 4) is 28.5 Å². The Bertz CT molecular complexity index is 1430. The molecule has 192 valence electrons. The first kappa shape index (κ1) is 24.6. The number of ether oxygens (including phenoxy) is 1. The zero-order valence-corrected chi connectivity index (χ0v) is 19.3. The van der Waals surface area contributed by atoms with Gasteiger partial charge in [-0.3, -0.25) is 4.79 Å². The molecule has 1 saturated carbocycles. The number of nitrogens with zero attached hydrogens (tertiary/aromatic N) is 4. The molecule has 0 spiro atoms. The molecule has 37 heavy (non-hydrogen) atoms. The molecule has 1 fully saturated rings. The Morgan fingerprint density at radius 1 is 1.05 bits per heavy atom. The van der Waals surface area contributed by atoms with Crippen LogP contribution in [-0.2, 0) is 11.0 Å². The van der Waals surface area contributed by atoms with Gasteiger partial charge < -0.3 is 14.8 Å². The Balaban J connectivity index is 1.27. The average molecular weight is 515 g/mol. The van der Waals surface area contributed by atoms with Crippen molar-refractivity contribution in [2.75, 3.05) is 0 Å². The van der Waals surface area contributed by atoms with Gasteiger partial charge in [-0.15, -0.1) is 0 Å². The Morgan fingerprint density at radius 2 is 1.84 bits per heavy atom. The van der Waals surface area contributed by atoms with E-state index in [9.17, 15) is 22.4 Å². The van der Waals surface area contributed by atoms with Gasteiger partial charge in [0.25, 0.3) is 0 Å². The predicted molar refractivity (Wildman–Crippen MR) is 124 cm³/mol. The van der Waals surface area contributed by atoms with Crippen LogP contribution in [0.1, 0.15) is 37.8 Å². The van der Waals surface area contributed by atoms with E-state index < -0.39 is 23.7 Å². The summed E-state index contributed by atoms with van der Waals surface area (Å²) in [4.78, 5) is 29.8. The number of carbonyl (C=O) groups is 1. The Kier molecular flexibility index (Phi) is 6.48. The van der Waals surface area contributed by atoms with Crippen LogP contribution < -0.4 is 4.74 Å². The molecule has 1 aromatic carbocycles. The summed E-state index contributed by atoms with van der Waals surface area (Å²) in [6, 6.07) is 6.34. The van der Waals surface area contributed by atoms with Gasteiger partial charge in [-0.1, -0.05) is 6.07 Å². The summed E-state index contributed by atoms with van der Waals surface area (Å²) in [5.41, 5.74) is -0.0620. The third kappa shape index (κ3) is 5.52. The summed E-state index contributed by atoms with van der Waals surface area (Å²) in [6.07, 6.45) is 1.44. The number of carboxylic acid groups (broad SMARTS) is 1. The van der Waals surface area contributed by atoms with E-state index in [2.05, 4.69) is 24.9 Å². The topological polar surface area (TPSA) is 114 Å². The molecule has 1 aliphatic carbocycles. The van der Waals surface area contributed by atoms with Crippen LogP contribution in [0.5, 0.6) is 5.88 Å². The van der Waals surface area contributed by atoms with Gasteiger partial charge in [0.05, 0.1) is 29.2 Å². The molecule has 1 aliphatic rings. The van der Waals surface area contributed by atoms with E-state index in [1.807, 2.05) is 0 Å². The maximum atomic E-state index is 14.9. The number of imidazole rings is 1. The smallest absolute Gasteiger partial charge is 0.433 e. The monoisotopic (exact) mass is 515 g/mol. The van der Waals surface area contributed by atoms with E-state index in [0.717, 1.165) is 31.7 Å². The van der Waals surface area contributed by atoms with Gasteiger partial charge in [0.1, 0.15) is 23.4 Å².